The summed E-state index contributed by atoms with van der Waals surface area (Å²) < 4.78 is 12.1. The fraction of sp³-hybridized carbons (Fsp3) is 0.500. The molecule has 104 valence electrons. The molecule has 0 fully saturated rings. The molecule has 1 amide bonds. The predicted octanol–water partition coefficient (Wildman–Crippen LogP) is 2.40. The normalized spacial score (nSPS) is 19.1. The lowest BCUT2D eigenvalue weighted by Gasteiger charge is -2.28. The van der Waals surface area contributed by atoms with Crippen LogP contribution in [0.3, 0.4) is 0 Å². The van der Waals surface area contributed by atoms with Crippen molar-refractivity contribution >= 4 is 28.5 Å². The van der Waals surface area contributed by atoms with Gasteiger partial charge in [0.05, 0.1) is 0 Å². The molecule has 5 heteroatoms. The quantitative estimate of drug-likeness (QED) is 0.650. The number of rotatable bonds is 4. The first-order chi connectivity index (χ1) is 9.11. The van der Waals surface area contributed by atoms with Gasteiger partial charge in [-0.1, -0.05) is 48.6 Å². The van der Waals surface area contributed by atoms with Crippen molar-refractivity contribution in [2.45, 2.75) is 26.0 Å². The molecule has 2 rings (SSSR count). The highest BCUT2D eigenvalue weighted by atomic mass is 127. The lowest BCUT2D eigenvalue weighted by molar-refractivity contribution is -0.131. The lowest BCUT2D eigenvalue weighted by atomic mass is 10.1. The number of amides is 1. The van der Waals surface area contributed by atoms with Crippen molar-refractivity contribution in [1.82, 2.24) is 5.32 Å². The van der Waals surface area contributed by atoms with E-state index in [1.54, 1.807) is 0 Å². The van der Waals surface area contributed by atoms with Crippen molar-refractivity contribution in [2.24, 2.45) is 5.92 Å². The molecule has 0 radical (unpaired) electrons. The Morgan fingerprint density at radius 2 is 2.11 bits per heavy atom. The minimum Gasteiger partial charge on any atom is -0.485 e. The van der Waals surface area contributed by atoms with Crippen molar-refractivity contribution in [3.63, 3.8) is 0 Å². The number of alkyl halides is 1. The van der Waals surface area contributed by atoms with Crippen LogP contribution < -0.4 is 14.8 Å². The van der Waals surface area contributed by atoms with E-state index >= 15 is 0 Å². The van der Waals surface area contributed by atoms with Gasteiger partial charge >= 0.3 is 0 Å². The Morgan fingerprint density at radius 3 is 2.74 bits per heavy atom. The van der Waals surface area contributed by atoms with Crippen LogP contribution in [0.4, 0.5) is 0 Å². The van der Waals surface area contributed by atoms with Gasteiger partial charge in [0.15, 0.2) is 11.5 Å². The molecule has 0 spiro atoms. The van der Waals surface area contributed by atoms with Crippen LogP contribution in [0.15, 0.2) is 24.3 Å². The molecule has 1 aliphatic rings. The third-order valence-electron chi connectivity index (χ3n) is 3.10. The Balaban J connectivity index is 1.99. The summed E-state index contributed by atoms with van der Waals surface area (Å²) in [5.74, 6) is 1.62. The van der Waals surface area contributed by atoms with Crippen molar-refractivity contribution in [1.29, 1.82) is 0 Å². The van der Waals surface area contributed by atoms with Crippen molar-refractivity contribution < 1.29 is 14.3 Å². The number of para-hydroxylation sites is 2. The number of nitrogens with one attached hydrogen (secondary N) is 1. The van der Waals surface area contributed by atoms with E-state index in [2.05, 4.69) is 41.8 Å². The van der Waals surface area contributed by atoms with Gasteiger partial charge in [0, 0.05) is 10.5 Å². The second-order valence-electron chi connectivity index (χ2n) is 4.88. The van der Waals surface area contributed by atoms with Crippen LogP contribution in [-0.2, 0) is 4.79 Å². The average Bonchev–Trinajstić information content (AvgIpc) is 2.43. The molecular weight excluding hydrogens is 357 g/mol. The molecule has 1 aromatic rings. The highest BCUT2D eigenvalue weighted by Gasteiger charge is 2.29. The second-order valence-corrected chi connectivity index (χ2v) is 5.76. The van der Waals surface area contributed by atoms with E-state index in [1.165, 1.54) is 0 Å². The Labute approximate surface area is 127 Å². The summed E-state index contributed by atoms with van der Waals surface area (Å²) in [5.41, 5.74) is 0. The predicted molar refractivity (Wildman–Crippen MR) is 82.0 cm³/mol. The third-order valence-corrected chi connectivity index (χ3v) is 4.05. The van der Waals surface area contributed by atoms with E-state index in [0.717, 1.165) is 4.43 Å². The second kappa shape index (κ2) is 6.45. The van der Waals surface area contributed by atoms with Crippen LogP contribution in [0, 0.1) is 5.92 Å². The minimum atomic E-state index is -0.570. The van der Waals surface area contributed by atoms with E-state index < -0.39 is 6.10 Å². The van der Waals surface area contributed by atoms with Gasteiger partial charge in [0.25, 0.3) is 5.91 Å². The first-order valence-electron chi connectivity index (χ1n) is 6.36. The van der Waals surface area contributed by atoms with Crippen LogP contribution in [0.25, 0.3) is 0 Å². The molecule has 1 N–H and O–H groups in total. The zero-order valence-corrected chi connectivity index (χ0v) is 13.2. The van der Waals surface area contributed by atoms with E-state index in [-0.39, 0.29) is 18.6 Å². The molecule has 0 aliphatic carbocycles. The summed E-state index contributed by atoms with van der Waals surface area (Å²) in [6, 6.07) is 7.56. The maximum absolute atomic E-state index is 12.2. The van der Waals surface area contributed by atoms with Crippen molar-refractivity contribution in [2.75, 3.05) is 11.0 Å². The van der Waals surface area contributed by atoms with Crippen LogP contribution in [0.1, 0.15) is 13.8 Å². The Hall–Kier alpha value is -0.980. The van der Waals surface area contributed by atoms with Crippen LogP contribution >= 0.6 is 22.6 Å². The van der Waals surface area contributed by atoms with Gasteiger partial charge in [-0.3, -0.25) is 4.79 Å². The number of halogens is 1. The summed E-state index contributed by atoms with van der Waals surface area (Å²) in [6.07, 6.45) is -0.570. The molecule has 1 aromatic carbocycles. The number of hydrogen-bond acceptors (Lipinski definition) is 3. The third kappa shape index (κ3) is 3.52. The number of carbonyl (C=O) groups excluding carboxylic acids is 1. The molecule has 2 atom stereocenters. The molecule has 1 heterocycles. The summed E-state index contributed by atoms with van der Waals surface area (Å²) in [7, 11) is 0. The van der Waals surface area contributed by atoms with E-state index in [4.69, 9.17) is 9.47 Å². The SMILES string of the molecule is CC(C)C(CI)NC(=O)C1COc2ccccc2O1. The summed E-state index contributed by atoms with van der Waals surface area (Å²) >= 11 is 2.28. The Morgan fingerprint density at radius 1 is 1.42 bits per heavy atom. The number of fused-ring (bicyclic) bond motifs is 1. The summed E-state index contributed by atoms with van der Waals surface area (Å²) in [5, 5.41) is 3.02. The topological polar surface area (TPSA) is 47.6 Å². The molecule has 0 aromatic heterocycles. The average molecular weight is 375 g/mol. The molecule has 4 nitrogen and oxygen atoms in total. The molecule has 2 unspecified atom stereocenters. The lowest BCUT2D eigenvalue weighted by Crippen LogP contribution is -2.49. The van der Waals surface area contributed by atoms with Gasteiger partial charge in [-0.05, 0) is 18.1 Å². The highest BCUT2D eigenvalue weighted by Crippen LogP contribution is 2.30. The standard InChI is InChI=1S/C14H18INO3/c1-9(2)10(7-15)16-14(17)13-8-18-11-5-3-4-6-12(11)19-13/h3-6,9-10,13H,7-8H2,1-2H3,(H,16,17). The van der Waals surface area contributed by atoms with Gasteiger partial charge < -0.3 is 14.8 Å². The van der Waals surface area contributed by atoms with Crippen molar-refractivity contribution in [3.05, 3.63) is 24.3 Å². The van der Waals surface area contributed by atoms with Gasteiger partial charge in [0.2, 0.25) is 6.10 Å². The molecule has 0 saturated heterocycles. The maximum atomic E-state index is 12.2. The Bertz CT molecular complexity index is 450. The van der Waals surface area contributed by atoms with Crippen LogP contribution in [-0.4, -0.2) is 29.1 Å². The first-order valence-corrected chi connectivity index (χ1v) is 7.89. The van der Waals surface area contributed by atoms with Gasteiger partial charge in [-0.15, -0.1) is 0 Å². The largest absolute Gasteiger partial charge is 0.485 e. The van der Waals surface area contributed by atoms with Gasteiger partial charge in [0.1, 0.15) is 6.61 Å². The fourth-order valence-corrected chi connectivity index (χ4v) is 3.05. The molecule has 1 aliphatic heterocycles. The van der Waals surface area contributed by atoms with Gasteiger partial charge in [-0.25, -0.2) is 0 Å². The summed E-state index contributed by atoms with van der Waals surface area (Å²) in [4.78, 5) is 12.2. The Kier molecular flexibility index (Phi) is 4.90. The van der Waals surface area contributed by atoms with Crippen LogP contribution in [0.5, 0.6) is 11.5 Å². The summed E-state index contributed by atoms with van der Waals surface area (Å²) in [6.45, 7) is 4.45. The smallest absolute Gasteiger partial charge is 0.264 e. The number of hydrogen-bond donors (Lipinski definition) is 1. The maximum Gasteiger partial charge on any atom is 0.264 e. The van der Waals surface area contributed by atoms with E-state index in [1.807, 2.05) is 24.3 Å². The van der Waals surface area contributed by atoms with Crippen molar-refractivity contribution in [3.8, 4) is 11.5 Å². The molecule has 0 bridgehead atoms. The zero-order chi connectivity index (χ0) is 13.8. The molecule has 19 heavy (non-hydrogen) atoms. The fourth-order valence-electron chi connectivity index (χ4n) is 1.81. The van der Waals surface area contributed by atoms with E-state index in [0.29, 0.717) is 17.4 Å². The number of ether oxygens (including phenoxy) is 2. The van der Waals surface area contributed by atoms with Gasteiger partial charge in [-0.2, -0.15) is 0 Å². The highest BCUT2D eigenvalue weighted by molar-refractivity contribution is 14.1. The zero-order valence-electron chi connectivity index (χ0n) is 11.1. The molecular formula is C14H18INO3. The monoisotopic (exact) mass is 375 g/mol. The first kappa shape index (κ1) is 14.4. The minimum absolute atomic E-state index is 0.107. The number of benzene rings is 1. The van der Waals surface area contributed by atoms with Crippen LogP contribution in [0.2, 0.25) is 0 Å². The van der Waals surface area contributed by atoms with E-state index in [9.17, 15) is 4.79 Å². The molecule has 0 saturated carbocycles. The number of carbonyl (C=O) groups is 1.